The molecule has 0 saturated carbocycles. The summed E-state index contributed by atoms with van der Waals surface area (Å²) >= 11 is 0. The Balaban J connectivity index is 1.45. The molecule has 0 bridgehead atoms. The third-order valence-electron chi connectivity index (χ3n) is 6.77. The molecule has 4 rings (SSSR count). The number of hydrogen-bond donors (Lipinski definition) is 2. The normalized spacial score (nSPS) is 22.1. The molecule has 2 aliphatic rings. The zero-order valence-corrected chi connectivity index (χ0v) is 19.3. The van der Waals surface area contributed by atoms with Crippen LogP contribution in [0.2, 0.25) is 0 Å². The van der Waals surface area contributed by atoms with E-state index in [2.05, 4.69) is 0 Å². The van der Waals surface area contributed by atoms with E-state index in [0.29, 0.717) is 38.9 Å². The lowest BCUT2D eigenvalue weighted by Crippen LogP contribution is -2.44. The predicted molar refractivity (Wildman–Crippen MR) is 123 cm³/mol. The molecule has 2 atom stereocenters. The molecule has 2 heterocycles. The third kappa shape index (κ3) is 4.74. The highest BCUT2D eigenvalue weighted by atomic mass is 32.2. The number of ether oxygens (including phenoxy) is 1. The number of aromatic hydroxyl groups is 1. The summed E-state index contributed by atoms with van der Waals surface area (Å²) in [4.78, 5) is 10.7. The van der Waals surface area contributed by atoms with Crippen molar-refractivity contribution in [3.05, 3.63) is 68.8 Å². The first-order valence-corrected chi connectivity index (χ1v) is 12.7. The van der Waals surface area contributed by atoms with Gasteiger partial charge in [-0.3, -0.25) is 10.1 Å². The van der Waals surface area contributed by atoms with Crippen molar-refractivity contribution in [2.45, 2.75) is 44.1 Å². The minimum absolute atomic E-state index is 0.129. The van der Waals surface area contributed by atoms with Crippen LogP contribution in [0.3, 0.4) is 0 Å². The largest absolute Gasteiger partial charge is 0.507 e. The Morgan fingerprint density at radius 3 is 2.58 bits per heavy atom. The fourth-order valence-corrected chi connectivity index (χ4v) is 6.49. The van der Waals surface area contributed by atoms with Gasteiger partial charge in [0.15, 0.2) is 0 Å². The lowest BCUT2D eigenvalue weighted by molar-refractivity contribution is -0.385. The Kier molecular flexibility index (Phi) is 6.71. The van der Waals surface area contributed by atoms with Crippen molar-refractivity contribution in [1.82, 2.24) is 4.31 Å². The molecule has 33 heavy (non-hydrogen) atoms. The smallest absolute Gasteiger partial charge is 0.273 e. The van der Waals surface area contributed by atoms with E-state index >= 15 is 0 Å². The van der Waals surface area contributed by atoms with E-state index in [-0.39, 0.29) is 35.1 Å². The molecule has 10 heteroatoms. The third-order valence-corrected chi connectivity index (χ3v) is 8.60. The van der Waals surface area contributed by atoms with Crippen LogP contribution in [0.5, 0.6) is 5.75 Å². The molecule has 0 aliphatic carbocycles. The highest BCUT2D eigenvalue weighted by Crippen LogP contribution is 2.40. The highest BCUT2D eigenvalue weighted by molar-refractivity contribution is 7.88. The lowest BCUT2D eigenvalue weighted by Gasteiger charge is -2.40. The molecule has 0 amide bonds. The number of hydrogen-bond acceptors (Lipinski definition) is 7. The maximum Gasteiger partial charge on any atom is 0.273 e. The number of piperidine rings is 1. The van der Waals surface area contributed by atoms with E-state index < -0.39 is 20.7 Å². The number of fused-ring (bicyclic) bond motifs is 1. The molecule has 2 aliphatic heterocycles. The van der Waals surface area contributed by atoms with Crippen LogP contribution in [0, 0.1) is 23.0 Å². The van der Waals surface area contributed by atoms with E-state index in [1.807, 2.05) is 19.1 Å². The average Bonchev–Trinajstić information content (AvgIpc) is 2.81. The van der Waals surface area contributed by atoms with E-state index in [9.17, 15) is 23.6 Å². The Hall–Kier alpha value is -2.53. The SMILES string of the molecule is Cc1ccc2c(c1O)CC(C1CCN(S(=O)(=O)Cc3ccccc3[N+](=O)[O-])CC1)OC2CN. The predicted octanol–water partition coefficient (Wildman–Crippen LogP) is 2.79. The van der Waals surface area contributed by atoms with Gasteiger partial charge in [0, 0.05) is 43.2 Å². The molecule has 0 aromatic heterocycles. The van der Waals surface area contributed by atoms with Gasteiger partial charge in [0.2, 0.25) is 10.0 Å². The van der Waals surface area contributed by atoms with Crippen LogP contribution in [0.25, 0.3) is 0 Å². The number of para-hydroxylation sites is 1. The molecule has 2 aromatic rings. The fraction of sp³-hybridized carbons (Fsp3) is 0.478. The van der Waals surface area contributed by atoms with Crippen LogP contribution in [0.15, 0.2) is 36.4 Å². The highest BCUT2D eigenvalue weighted by Gasteiger charge is 2.37. The van der Waals surface area contributed by atoms with Crippen LogP contribution < -0.4 is 5.73 Å². The zero-order valence-electron chi connectivity index (χ0n) is 18.5. The van der Waals surface area contributed by atoms with E-state index in [1.165, 1.54) is 22.5 Å². The average molecular weight is 476 g/mol. The van der Waals surface area contributed by atoms with Gasteiger partial charge in [-0.05, 0) is 36.8 Å². The zero-order chi connectivity index (χ0) is 23.8. The molecule has 178 valence electrons. The van der Waals surface area contributed by atoms with Crippen LogP contribution in [-0.4, -0.2) is 48.5 Å². The molecular weight excluding hydrogens is 446 g/mol. The molecule has 1 fully saturated rings. The summed E-state index contributed by atoms with van der Waals surface area (Å²) in [5.41, 5.74) is 8.54. The van der Waals surface area contributed by atoms with Crippen LogP contribution in [-0.2, 0) is 26.9 Å². The maximum absolute atomic E-state index is 13.0. The number of rotatable bonds is 6. The molecule has 3 N–H and O–H groups in total. The molecule has 0 spiro atoms. The number of nitro benzene ring substituents is 1. The van der Waals surface area contributed by atoms with Gasteiger partial charge in [0.1, 0.15) is 5.75 Å². The molecule has 2 unspecified atom stereocenters. The van der Waals surface area contributed by atoms with E-state index in [4.69, 9.17) is 10.5 Å². The van der Waals surface area contributed by atoms with Crippen molar-refractivity contribution in [1.29, 1.82) is 0 Å². The summed E-state index contributed by atoms with van der Waals surface area (Å²) in [6.07, 6.45) is 1.33. The summed E-state index contributed by atoms with van der Waals surface area (Å²) in [6, 6.07) is 9.75. The topological polar surface area (TPSA) is 136 Å². The number of nitrogens with two attached hydrogens (primary N) is 1. The number of aryl methyl sites for hydroxylation is 1. The van der Waals surface area contributed by atoms with Gasteiger partial charge in [-0.1, -0.05) is 30.3 Å². The second-order valence-electron chi connectivity index (χ2n) is 8.78. The van der Waals surface area contributed by atoms with Crippen molar-refractivity contribution in [3.8, 4) is 5.75 Å². The molecule has 9 nitrogen and oxygen atoms in total. The number of sulfonamides is 1. The summed E-state index contributed by atoms with van der Waals surface area (Å²) in [5.74, 6) is 0.0122. The summed E-state index contributed by atoms with van der Waals surface area (Å²) in [7, 11) is -3.69. The van der Waals surface area contributed by atoms with Crippen molar-refractivity contribution in [2.24, 2.45) is 11.7 Å². The second kappa shape index (κ2) is 9.38. The number of benzene rings is 2. The number of phenols is 1. The van der Waals surface area contributed by atoms with Crippen molar-refractivity contribution < 1.29 is 23.2 Å². The Morgan fingerprint density at radius 2 is 1.91 bits per heavy atom. The Morgan fingerprint density at radius 1 is 1.21 bits per heavy atom. The monoisotopic (exact) mass is 475 g/mol. The Labute approximate surface area is 193 Å². The van der Waals surface area contributed by atoms with E-state index in [1.54, 1.807) is 6.07 Å². The summed E-state index contributed by atoms with van der Waals surface area (Å²) in [5, 5.41) is 21.8. The molecule has 0 radical (unpaired) electrons. The van der Waals surface area contributed by atoms with Crippen molar-refractivity contribution in [3.63, 3.8) is 0 Å². The first-order valence-electron chi connectivity index (χ1n) is 11.1. The number of nitrogens with zero attached hydrogens (tertiary/aromatic N) is 2. The second-order valence-corrected chi connectivity index (χ2v) is 10.7. The van der Waals surface area contributed by atoms with Gasteiger partial charge in [-0.25, -0.2) is 12.7 Å². The van der Waals surface area contributed by atoms with Crippen molar-refractivity contribution in [2.75, 3.05) is 19.6 Å². The van der Waals surface area contributed by atoms with Gasteiger partial charge < -0.3 is 15.6 Å². The number of phenolic OH excluding ortho intramolecular Hbond substituents is 1. The van der Waals surface area contributed by atoms with E-state index in [0.717, 1.165) is 16.7 Å². The van der Waals surface area contributed by atoms with Gasteiger partial charge in [-0.15, -0.1) is 0 Å². The number of nitro groups is 1. The molecule has 2 aromatic carbocycles. The van der Waals surface area contributed by atoms with Gasteiger partial charge in [0.05, 0.1) is 22.9 Å². The molecular formula is C23H29N3O6S. The maximum atomic E-state index is 13.0. The standard InChI is InChI=1S/C23H29N3O6S/c1-15-6-7-18-19(23(15)27)12-21(32-22(18)13-24)16-8-10-25(11-9-16)33(30,31)14-17-4-2-3-5-20(17)26(28)29/h2-7,16,21-22,27H,8-14,24H2,1H3. The first-order chi connectivity index (χ1) is 15.7. The van der Waals surface area contributed by atoms with Crippen LogP contribution >= 0.6 is 0 Å². The fourth-order valence-electron chi connectivity index (χ4n) is 4.90. The van der Waals surface area contributed by atoms with Crippen LogP contribution in [0.4, 0.5) is 5.69 Å². The Bertz CT molecular complexity index is 1140. The quantitative estimate of drug-likeness (QED) is 0.484. The molecule has 1 saturated heterocycles. The summed E-state index contributed by atoms with van der Waals surface area (Å²) < 4.78 is 33.7. The van der Waals surface area contributed by atoms with Gasteiger partial charge >= 0.3 is 0 Å². The van der Waals surface area contributed by atoms with Crippen LogP contribution in [0.1, 0.15) is 41.2 Å². The van der Waals surface area contributed by atoms with Gasteiger partial charge in [-0.2, -0.15) is 0 Å². The lowest BCUT2D eigenvalue weighted by atomic mass is 9.83. The minimum atomic E-state index is -3.69. The first kappa shape index (κ1) is 23.6. The minimum Gasteiger partial charge on any atom is -0.507 e. The summed E-state index contributed by atoms with van der Waals surface area (Å²) in [6.45, 7) is 2.81. The van der Waals surface area contributed by atoms with Gasteiger partial charge in [0.25, 0.3) is 5.69 Å². The van der Waals surface area contributed by atoms with Crippen molar-refractivity contribution >= 4 is 15.7 Å².